The maximum absolute atomic E-state index is 12.6. The summed E-state index contributed by atoms with van der Waals surface area (Å²) in [5, 5.41) is 5.25. The van der Waals surface area contributed by atoms with Crippen molar-refractivity contribution in [1.29, 1.82) is 0 Å². The van der Waals surface area contributed by atoms with Gasteiger partial charge in [-0.3, -0.25) is 4.79 Å². The molecule has 0 spiro atoms. The van der Waals surface area contributed by atoms with Gasteiger partial charge in [0, 0.05) is 24.7 Å². The number of carbonyl (C=O) groups is 1. The van der Waals surface area contributed by atoms with E-state index in [0.29, 0.717) is 35.2 Å². The van der Waals surface area contributed by atoms with Crippen LogP contribution in [0.15, 0.2) is 46.0 Å². The molecule has 8 heteroatoms. The summed E-state index contributed by atoms with van der Waals surface area (Å²) in [4.78, 5) is 12.5. The SMILES string of the molecule is O=C(NCc1cccc(Cl)c1)[C@H]1CCCN(S(=O)(=O)c2cccs2)C1. The maximum Gasteiger partial charge on any atom is 0.252 e. The second kappa shape index (κ2) is 7.86. The first-order chi connectivity index (χ1) is 12.0. The second-order valence-corrected chi connectivity index (χ2v) is 9.53. The van der Waals surface area contributed by atoms with Crippen molar-refractivity contribution in [3.8, 4) is 0 Å². The molecule has 1 aromatic carbocycles. The van der Waals surface area contributed by atoms with Crippen molar-refractivity contribution in [2.24, 2.45) is 5.92 Å². The minimum absolute atomic E-state index is 0.119. The first-order valence-corrected chi connectivity index (χ1v) is 10.7. The van der Waals surface area contributed by atoms with E-state index in [9.17, 15) is 13.2 Å². The van der Waals surface area contributed by atoms with Gasteiger partial charge < -0.3 is 5.32 Å². The first kappa shape index (κ1) is 18.4. The van der Waals surface area contributed by atoms with E-state index in [1.165, 1.54) is 15.6 Å². The molecule has 0 bridgehead atoms. The van der Waals surface area contributed by atoms with Gasteiger partial charge in [0.25, 0.3) is 10.0 Å². The Balaban J connectivity index is 1.62. The van der Waals surface area contributed by atoms with Gasteiger partial charge in [-0.1, -0.05) is 29.8 Å². The van der Waals surface area contributed by atoms with E-state index >= 15 is 0 Å². The number of hydrogen-bond donors (Lipinski definition) is 1. The lowest BCUT2D eigenvalue weighted by Gasteiger charge is -2.30. The molecule has 0 radical (unpaired) electrons. The molecule has 0 saturated carbocycles. The molecular formula is C17H19ClN2O3S2. The lowest BCUT2D eigenvalue weighted by atomic mass is 9.99. The summed E-state index contributed by atoms with van der Waals surface area (Å²) in [5.74, 6) is -0.450. The summed E-state index contributed by atoms with van der Waals surface area (Å²) in [7, 11) is -3.50. The summed E-state index contributed by atoms with van der Waals surface area (Å²) in [6.07, 6.45) is 1.37. The average molecular weight is 399 g/mol. The number of nitrogens with zero attached hydrogens (tertiary/aromatic N) is 1. The molecule has 134 valence electrons. The zero-order valence-electron chi connectivity index (χ0n) is 13.5. The van der Waals surface area contributed by atoms with Crippen LogP contribution in [0.2, 0.25) is 5.02 Å². The summed E-state index contributed by atoms with van der Waals surface area (Å²) in [5.41, 5.74) is 0.916. The smallest absolute Gasteiger partial charge is 0.252 e. The highest BCUT2D eigenvalue weighted by Gasteiger charge is 2.33. The van der Waals surface area contributed by atoms with Crippen LogP contribution < -0.4 is 5.32 Å². The molecule has 1 fully saturated rings. The molecule has 1 N–H and O–H groups in total. The van der Waals surface area contributed by atoms with E-state index in [4.69, 9.17) is 11.6 Å². The number of amides is 1. The summed E-state index contributed by atoms with van der Waals surface area (Å²) in [6, 6.07) is 10.6. The third-order valence-corrected chi connectivity index (χ3v) is 7.67. The van der Waals surface area contributed by atoms with E-state index in [2.05, 4.69) is 5.32 Å². The van der Waals surface area contributed by atoms with Gasteiger partial charge in [-0.15, -0.1) is 11.3 Å². The topological polar surface area (TPSA) is 66.5 Å². The van der Waals surface area contributed by atoms with Crippen LogP contribution in [0.4, 0.5) is 0 Å². The predicted molar refractivity (Wildman–Crippen MR) is 99.1 cm³/mol. The molecule has 1 aliphatic heterocycles. The van der Waals surface area contributed by atoms with Crippen LogP contribution in [0.25, 0.3) is 0 Å². The van der Waals surface area contributed by atoms with Gasteiger partial charge in [0.1, 0.15) is 4.21 Å². The number of halogens is 1. The number of nitrogens with one attached hydrogen (secondary N) is 1. The highest BCUT2D eigenvalue weighted by atomic mass is 35.5. The lowest BCUT2D eigenvalue weighted by molar-refractivity contribution is -0.126. The van der Waals surface area contributed by atoms with Crippen LogP contribution in [0.1, 0.15) is 18.4 Å². The van der Waals surface area contributed by atoms with Crippen molar-refractivity contribution in [3.05, 3.63) is 52.4 Å². The minimum atomic E-state index is -3.50. The first-order valence-electron chi connectivity index (χ1n) is 8.02. The number of sulfonamides is 1. The van der Waals surface area contributed by atoms with E-state index < -0.39 is 10.0 Å². The van der Waals surface area contributed by atoms with Gasteiger partial charge in [0.2, 0.25) is 5.91 Å². The largest absolute Gasteiger partial charge is 0.352 e. The Morgan fingerprint density at radius 2 is 2.16 bits per heavy atom. The third kappa shape index (κ3) is 4.41. The molecule has 0 aliphatic carbocycles. The zero-order valence-corrected chi connectivity index (χ0v) is 15.9. The van der Waals surface area contributed by atoms with Crippen LogP contribution in [-0.2, 0) is 21.4 Å². The fraction of sp³-hybridized carbons (Fsp3) is 0.353. The molecular weight excluding hydrogens is 380 g/mol. The molecule has 1 aliphatic rings. The monoisotopic (exact) mass is 398 g/mol. The number of hydrogen-bond acceptors (Lipinski definition) is 4. The Morgan fingerprint density at radius 1 is 1.32 bits per heavy atom. The minimum Gasteiger partial charge on any atom is -0.352 e. The summed E-state index contributed by atoms with van der Waals surface area (Å²) in [6.45, 7) is 1.06. The molecule has 1 amide bonds. The number of piperidine rings is 1. The van der Waals surface area contributed by atoms with E-state index in [0.717, 1.165) is 5.56 Å². The molecule has 1 aromatic heterocycles. The molecule has 2 aromatic rings. The van der Waals surface area contributed by atoms with Crippen molar-refractivity contribution in [1.82, 2.24) is 9.62 Å². The van der Waals surface area contributed by atoms with Crippen LogP contribution in [0, 0.1) is 5.92 Å². The Bertz CT molecular complexity index is 837. The molecule has 0 unspecified atom stereocenters. The Morgan fingerprint density at radius 3 is 2.88 bits per heavy atom. The molecule has 1 atom stereocenters. The van der Waals surface area contributed by atoms with Crippen molar-refractivity contribution < 1.29 is 13.2 Å². The van der Waals surface area contributed by atoms with Crippen LogP contribution in [-0.4, -0.2) is 31.7 Å². The third-order valence-electron chi connectivity index (χ3n) is 4.20. The van der Waals surface area contributed by atoms with Gasteiger partial charge in [0.05, 0.1) is 5.92 Å². The van der Waals surface area contributed by atoms with Gasteiger partial charge in [-0.2, -0.15) is 4.31 Å². The fourth-order valence-corrected chi connectivity index (χ4v) is 5.77. The number of benzene rings is 1. The van der Waals surface area contributed by atoms with Crippen molar-refractivity contribution >= 4 is 38.9 Å². The number of rotatable bonds is 5. The average Bonchev–Trinajstić information content (AvgIpc) is 3.15. The normalized spacial score (nSPS) is 18.8. The van der Waals surface area contributed by atoms with Crippen molar-refractivity contribution in [3.63, 3.8) is 0 Å². The Kier molecular flexibility index (Phi) is 5.78. The van der Waals surface area contributed by atoms with Crippen molar-refractivity contribution in [2.45, 2.75) is 23.6 Å². The zero-order chi connectivity index (χ0) is 17.9. The van der Waals surface area contributed by atoms with Crippen LogP contribution >= 0.6 is 22.9 Å². The van der Waals surface area contributed by atoms with Crippen LogP contribution in [0.3, 0.4) is 0 Å². The quantitative estimate of drug-likeness (QED) is 0.841. The molecule has 3 rings (SSSR count). The molecule has 5 nitrogen and oxygen atoms in total. The maximum atomic E-state index is 12.6. The van der Waals surface area contributed by atoms with Crippen LogP contribution in [0.5, 0.6) is 0 Å². The van der Waals surface area contributed by atoms with E-state index in [1.54, 1.807) is 29.6 Å². The van der Waals surface area contributed by atoms with Gasteiger partial charge in [0.15, 0.2) is 0 Å². The summed E-state index contributed by atoms with van der Waals surface area (Å²) >= 11 is 7.14. The molecule has 25 heavy (non-hydrogen) atoms. The van der Waals surface area contributed by atoms with Gasteiger partial charge in [-0.25, -0.2) is 8.42 Å². The molecule has 1 saturated heterocycles. The highest BCUT2D eigenvalue weighted by Crippen LogP contribution is 2.26. The predicted octanol–water partition coefficient (Wildman–Crippen LogP) is 3.12. The van der Waals surface area contributed by atoms with E-state index in [-0.39, 0.29) is 18.4 Å². The number of thiophene rings is 1. The standard InChI is InChI=1S/C17H19ClN2O3S2/c18-15-6-1-4-13(10-15)11-19-17(21)14-5-2-8-20(12-14)25(22,23)16-7-3-9-24-16/h1,3-4,6-7,9-10,14H,2,5,8,11-12H2,(H,19,21)/t14-/m0/s1. The van der Waals surface area contributed by atoms with Crippen molar-refractivity contribution in [2.75, 3.05) is 13.1 Å². The molecule has 2 heterocycles. The summed E-state index contributed by atoms with van der Waals surface area (Å²) < 4.78 is 27.0. The Labute approximate surface area is 156 Å². The fourth-order valence-electron chi connectivity index (χ4n) is 2.89. The van der Waals surface area contributed by atoms with Gasteiger partial charge >= 0.3 is 0 Å². The highest BCUT2D eigenvalue weighted by molar-refractivity contribution is 7.91. The number of carbonyl (C=O) groups excluding carboxylic acids is 1. The van der Waals surface area contributed by atoms with E-state index in [1.807, 2.05) is 12.1 Å². The lowest BCUT2D eigenvalue weighted by Crippen LogP contribution is -2.45. The Hall–Kier alpha value is -1.41. The van der Waals surface area contributed by atoms with Gasteiger partial charge in [-0.05, 0) is 42.0 Å². The second-order valence-electron chi connectivity index (χ2n) is 5.98.